The van der Waals surface area contributed by atoms with Gasteiger partial charge >= 0.3 is 11.9 Å². The fourth-order valence-electron chi connectivity index (χ4n) is 3.25. The number of carbonyl (C=O) groups excluding carboxylic acids is 3. The Balaban J connectivity index is 1.64. The number of hydrogen-bond acceptors (Lipinski definition) is 8. The standard InChI is InChI=1S/C23H26N2O8S/c1-2-32-22(27)16-25(19-6-4-3-5-7-19)21(26)17-33-23(28)18-8-10-20(11-9-18)34(29,30)24-12-14-31-15-13-24/h3-11H,2,12-17H2,1H3. The van der Waals surface area contributed by atoms with Crippen LogP contribution in [0.2, 0.25) is 0 Å². The summed E-state index contributed by atoms with van der Waals surface area (Å²) < 4.78 is 41.9. The number of nitrogens with zero attached hydrogens (tertiary/aromatic N) is 2. The number of para-hydroxylation sites is 1. The van der Waals surface area contributed by atoms with Crippen molar-refractivity contribution in [3.63, 3.8) is 0 Å². The van der Waals surface area contributed by atoms with Crippen LogP contribution in [0.25, 0.3) is 0 Å². The zero-order chi connectivity index (χ0) is 24.6. The van der Waals surface area contributed by atoms with Crippen molar-refractivity contribution in [2.75, 3.05) is 51.0 Å². The first-order valence-electron chi connectivity index (χ1n) is 10.7. The molecular formula is C23H26N2O8S. The average molecular weight is 491 g/mol. The van der Waals surface area contributed by atoms with E-state index in [1.807, 2.05) is 0 Å². The number of hydrogen-bond donors (Lipinski definition) is 0. The van der Waals surface area contributed by atoms with E-state index in [0.29, 0.717) is 18.9 Å². The van der Waals surface area contributed by atoms with Gasteiger partial charge in [0.05, 0.1) is 30.3 Å². The number of benzene rings is 2. The summed E-state index contributed by atoms with van der Waals surface area (Å²) in [6, 6.07) is 13.8. The Morgan fingerprint density at radius 1 is 0.971 bits per heavy atom. The van der Waals surface area contributed by atoms with Gasteiger partial charge in [0.25, 0.3) is 5.91 Å². The molecule has 3 rings (SSSR count). The molecule has 0 spiro atoms. The van der Waals surface area contributed by atoms with Crippen molar-refractivity contribution in [1.82, 2.24) is 4.31 Å². The maximum atomic E-state index is 12.7. The predicted molar refractivity (Wildman–Crippen MR) is 122 cm³/mol. The smallest absolute Gasteiger partial charge is 0.338 e. The molecule has 0 atom stereocenters. The number of esters is 2. The van der Waals surface area contributed by atoms with E-state index in [0.717, 1.165) is 0 Å². The molecule has 0 bridgehead atoms. The molecule has 0 N–H and O–H groups in total. The summed E-state index contributed by atoms with van der Waals surface area (Å²) in [5.74, 6) is -2.00. The molecule has 0 unspecified atom stereocenters. The minimum Gasteiger partial charge on any atom is -0.465 e. The largest absolute Gasteiger partial charge is 0.465 e. The summed E-state index contributed by atoms with van der Waals surface area (Å²) in [5.41, 5.74) is 0.541. The van der Waals surface area contributed by atoms with Crippen LogP contribution in [-0.4, -0.2) is 76.6 Å². The molecule has 2 aromatic carbocycles. The van der Waals surface area contributed by atoms with Crippen LogP contribution in [0.4, 0.5) is 5.69 Å². The van der Waals surface area contributed by atoms with Gasteiger partial charge in [-0.1, -0.05) is 18.2 Å². The molecule has 1 aliphatic heterocycles. The Kier molecular flexibility index (Phi) is 8.74. The Morgan fingerprint density at radius 3 is 2.24 bits per heavy atom. The molecule has 0 saturated carbocycles. The number of sulfonamides is 1. The van der Waals surface area contributed by atoms with Crippen molar-refractivity contribution in [1.29, 1.82) is 0 Å². The SMILES string of the molecule is CCOC(=O)CN(C(=O)COC(=O)c1ccc(S(=O)(=O)N2CCOCC2)cc1)c1ccccc1. The summed E-state index contributed by atoms with van der Waals surface area (Å²) in [6.45, 7) is 2.06. The highest BCUT2D eigenvalue weighted by atomic mass is 32.2. The van der Waals surface area contributed by atoms with Crippen molar-refractivity contribution < 1.29 is 37.0 Å². The van der Waals surface area contributed by atoms with Gasteiger partial charge in [0.2, 0.25) is 10.0 Å². The highest BCUT2D eigenvalue weighted by molar-refractivity contribution is 7.89. The number of amides is 1. The minimum atomic E-state index is -3.69. The molecule has 11 heteroatoms. The third-order valence-electron chi connectivity index (χ3n) is 4.99. The normalized spacial score (nSPS) is 14.3. The van der Waals surface area contributed by atoms with Crippen molar-refractivity contribution in [2.45, 2.75) is 11.8 Å². The third-order valence-corrected chi connectivity index (χ3v) is 6.90. The van der Waals surface area contributed by atoms with Crippen LogP contribution in [0.3, 0.4) is 0 Å². The second-order valence-corrected chi connectivity index (χ2v) is 9.18. The van der Waals surface area contributed by atoms with Crippen LogP contribution in [0.1, 0.15) is 17.3 Å². The Morgan fingerprint density at radius 2 is 1.62 bits per heavy atom. The van der Waals surface area contributed by atoms with Gasteiger partial charge in [0, 0.05) is 18.8 Å². The first-order valence-corrected chi connectivity index (χ1v) is 12.1. The van der Waals surface area contributed by atoms with Crippen molar-refractivity contribution in [3.8, 4) is 0 Å². The molecule has 1 fully saturated rings. The molecule has 0 aromatic heterocycles. The Bertz CT molecular complexity index is 1100. The molecule has 2 aromatic rings. The van der Waals surface area contributed by atoms with Crippen LogP contribution < -0.4 is 4.90 Å². The lowest BCUT2D eigenvalue weighted by molar-refractivity contribution is -0.142. The van der Waals surface area contributed by atoms with Crippen molar-refractivity contribution in [2.24, 2.45) is 0 Å². The van der Waals surface area contributed by atoms with Crippen molar-refractivity contribution >= 4 is 33.6 Å². The number of anilines is 1. The van der Waals surface area contributed by atoms with Gasteiger partial charge < -0.3 is 14.2 Å². The summed E-state index contributed by atoms with van der Waals surface area (Å²) in [5, 5.41) is 0. The molecular weight excluding hydrogens is 464 g/mol. The van der Waals surface area contributed by atoms with E-state index in [2.05, 4.69) is 0 Å². The molecule has 1 heterocycles. The average Bonchev–Trinajstić information content (AvgIpc) is 2.87. The summed E-state index contributed by atoms with van der Waals surface area (Å²) in [6.07, 6.45) is 0. The molecule has 10 nitrogen and oxygen atoms in total. The monoisotopic (exact) mass is 490 g/mol. The first kappa shape index (κ1) is 25.3. The second-order valence-electron chi connectivity index (χ2n) is 7.24. The number of rotatable bonds is 9. The summed E-state index contributed by atoms with van der Waals surface area (Å²) >= 11 is 0. The van der Waals surface area contributed by atoms with Crippen LogP contribution in [-0.2, 0) is 33.8 Å². The molecule has 0 radical (unpaired) electrons. The van der Waals surface area contributed by atoms with Gasteiger partial charge in [-0.15, -0.1) is 0 Å². The van der Waals surface area contributed by atoms with Gasteiger partial charge in [-0.2, -0.15) is 4.31 Å². The Hall–Kier alpha value is -3.28. The third kappa shape index (κ3) is 6.40. The molecule has 1 amide bonds. The lowest BCUT2D eigenvalue weighted by atomic mass is 10.2. The lowest BCUT2D eigenvalue weighted by Gasteiger charge is -2.26. The fourth-order valence-corrected chi connectivity index (χ4v) is 4.66. The molecule has 0 aliphatic carbocycles. The minimum absolute atomic E-state index is 0.0479. The quantitative estimate of drug-likeness (QED) is 0.485. The number of ether oxygens (including phenoxy) is 3. The zero-order valence-electron chi connectivity index (χ0n) is 18.7. The van der Waals surface area contributed by atoms with E-state index in [9.17, 15) is 22.8 Å². The number of morpholine rings is 1. The van der Waals surface area contributed by atoms with E-state index in [4.69, 9.17) is 14.2 Å². The lowest BCUT2D eigenvalue weighted by Crippen LogP contribution is -2.40. The topological polar surface area (TPSA) is 120 Å². The van der Waals surface area contributed by atoms with Crippen LogP contribution in [0.5, 0.6) is 0 Å². The van der Waals surface area contributed by atoms with Gasteiger partial charge in [-0.05, 0) is 43.3 Å². The van der Waals surface area contributed by atoms with E-state index in [1.54, 1.807) is 37.3 Å². The van der Waals surface area contributed by atoms with Crippen LogP contribution in [0, 0.1) is 0 Å². The maximum Gasteiger partial charge on any atom is 0.338 e. The van der Waals surface area contributed by atoms with Crippen LogP contribution in [0.15, 0.2) is 59.5 Å². The van der Waals surface area contributed by atoms with Gasteiger partial charge in [-0.25, -0.2) is 13.2 Å². The van der Waals surface area contributed by atoms with Gasteiger partial charge in [-0.3, -0.25) is 14.5 Å². The fraction of sp³-hybridized carbons (Fsp3) is 0.348. The van der Waals surface area contributed by atoms with E-state index in [-0.39, 0.29) is 36.7 Å². The zero-order valence-corrected chi connectivity index (χ0v) is 19.5. The van der Waals surface area contributed by atoms with Crippen LogP contribution >= 0.6 is 0 Å². The number of carbonyl (C=O) groups is 3. The first-order chi connectivity index (χ1) is 16.3. The highest BCUT2D eigenvalue weighted by Crippen LogP contribution is 2.18. The molecule has 1 aliphatic rings. The van der Waals surface area contributed by atoms with Gasteiger partial charge in [0.1, 0.15) is 6.54 Å². The highest BCUT2D eigenvalue weighted by Gasteiger charge is 2.27. The second kappa shape index (κ2) is 11.7. The predicted octanol–water partition coefficient (Wildman–Crippen LogP) is 1.46. The van der Waals surface area contributed by atoms with E-state index >= 15 is 0 Å². The Labute approximate surface area is 198 Å². The maximum absolute atomic E-state index is 12.7. The summed E-state index contributed by atoms with van der Waals surface area (Å²) in [4.78, 5) is 38.3. The van der Waals surface area contributed by atoms with Gasteiger partial charge in [0.15, 0.2) is 6.61 Å². The molecule has 1 saturated heterocycles. The van der Waals surface area contributed by atoms with E-state index in [1.165, 1.54) is 33.5 Å². The van der Waals surface area contributed by atoms with Crippen molar-refractivity contribution in [3.05, 3.63) is 60.2 Å². The molecule has 182 valence electrons. The molecule has 34 heavy (non-hydrogen) atoms. The summed E-state index contributed by atoms with van der Waals surface area (Å²) in [7, 11) is -3.69. The van der Waals surface area contributed by atoms with E-state index < -0.39 is 34.5 Å².